The van der Waals surface area contributed by atoms with Crippen molar-refractivity contribution in [3.05, 3.63) is 38.2 Å². The summed E-state index contributed by atoms with van der Waals surface area (Å²) >= 11 is 0. The molecule has 84 valence electrons. The molecular weight excluding hydrogens is 215 g/mol. The summed E-state index contributed by atoms with van der Waals surface area (Å²) in [6, 6.07) is 1.24. The predicted molar refractivity (Wildman–Crippen MR) is 55.1 cm³/mol. The number of alkyl halides is 1. The van der Waals surface area contributed by atoms with Gasteiger partial charge in [0.2, 0.25) is 5.71 Å². The molecule has 0 radical (unpaired) electrons. The quantitative estimate of drug-likeness (QED) is 0.822. The Balaban J connectivity index is 2.94. The van der Waals surface area contributed by atoms with Crippen LogP contribution in [0, 0.1) is 0 Å². The molecule has 0 aliphatic rings. The Kier molecular flexibility index (Phi) is 2.55. The van der Waals surface area contributed by atoms with Gasteiger partial charge in [-0.15, -0.1) is 0 Å². The van der Waals surface area contributed by atoms with E-state index in [0.29, 0.717) is 12.0 Å². The third kappa shape index (κ3) is 1.62. The summed E-state index contributed by atoms with van der Waals surface area (Å²) in [5.41, 5.74) is -0.642. The number of H-pyrrole nitrogens is 1. The number of aryl methyl sites for hydroxylation is 1. The van der Waals surface area contributed by atoms with Crippen LogP contribution in [-0.4, -0.2) is 9.97 Å². The average molecular weight is 224 g/mol. The van der Waals surface area contributed by atoms with E-state index in [1.165, 1.54) is 6.07 Å². The number of nitrogens with one attached hydrogen (secondary N) is 1. The molecule has 2 heterocycles. The van der Waals surface area contributed by atoms with Crippen LogP contribution < -0.4 is 11.2 Å². The lowest BCUT2D eigenvalue weighted by Crippen LogP contribution is -2.15. The van der Waals surface area contributed by atoms with Crippen molar-refractivity contribution < 1.29 is 8.81 Å². The van der Waals surface area contributed by atoms with Crippen LogP contribution in [0.15, 0.2) is 20.1 Å². The molecule has 0 aromatic carbocycles. The van der Waals surface area contributed by atoms with Gasteiger partial charge in [0.15, 0.2) is 0 Å². The van der Waals surface area contributed by atoms with E-state index in [2.05, 4.69) is 9.97 Å². The summed E-state index contributed by atoms with van der Waals surface area (Å²) in [5.74, 6) is -0.145. The zero-order valence-corrected chi connectivity index (χ0v) is 8.54. The largest absolute Gasteiger partial charge is 0.403 e. The van der Waals surface area contributed by atoms with Crippen molar-refractivity contribution in [1.82, 2.24) is 9.97 Å². The van der Waals surface area contributed by atoms with Crippen LogP contribution in [0.1, 0.15) is 18.3 Å². The molecule has 2 aromatic heterocycles. The highest BCUT2D eigenvalue weighted by Crippen LogP contribution is 2.11. The summed E-state index contributed by atoms with van der Waals surface area (Å²) < 4.78 is 17.1. The van der Waals surface area contributed by atoms with Gasteiger partial charge in [0.1, 0.15) is 17.9 Å². The summed E-state index contributed by atoms with van der Waals surface area (Å²) in [4.78, 5) is 28.8. The molecule has 0 bridgehead atoms. The number of rotatable bonds is 2. The fraction of sp³-hybridized carbons (Fsp3) is 0.300. The first kappa shape index (κ1) is 10.5. The molecule has 0 saturated carbocycles. The van der Waals surface area contributed by atoms with E-state index < -0.39 is 17.9 Å². The number of nitrogens with zero attached hydrogens (tertiary/aromatic N) is 1. The lowest BCUT2D eigenvalue weighted by atomic mass is 10.1. The molecule has 0 atom stereocenters. The number of aromatic nitrogens is 2. The third-order valence-corrected chi connectivity index (χ3v) is 2.25. The predicted octanol–water partition coefficient (Wildman–Crippen LogP) is 0.908. The second-order valence-electron chi connectivity index (χ2n) is 3.27. The number of halogens is 1. The molecule has 16 heavy (non-hydrogen) atoms. The molecule has 6 heteroatoms. The average Bonchev–Trinajstić information content (AvgIpc) is 2.26. The maximum atomic E-state index is 12.4. The maximum Gasteiger partial charge on any atom is 0.337 e. The molecule has 5 nitrogen and oxygen atoms in total. The van der Waals surface area contributed by atoms with Crippen LogP contribution in [-0.2, 0) is 13.1 Å². The molecule has 0 unspecified atom stereocenters. The minimum Gasteiger partial charge on any atom is -0.403 e. The highest BCUT2D eigenvalue weighted by atomic mass is 19.1. The van der Waals surface area contributed by atoms with Crippen LogP contribution in [0.5, 0.6) is 0 Å². The SMILES string of the molecule is CCc1cc(=O)oc2nc(CF)[nH]c(=O)c12. The fourth-order valence-electron chi connectivity index (χ4n) is 1.54. The van der Waals surface area contributed by atoms with Gasteiger partial charge in [0.25, 0.3) is 5.56 Å². The van der Waals surface area contributed by atoms with Gasteiger partial charge in [-0.3, -0.25) is 4.79 Å². The Hall–Kier alpha value is -1.98. The number of fused-ring (bicyclic) bond motifs is 1. The van der Waals surface area contributed by atoms with Crippen molar-refractivity contribution >= 4 is 11.1 Å². The van der Waals surface area contributed by atoms with Crippen molar-refractivity contribution in [2.24, 2.45) is 0 Å². The van der Waals surface area contributed by atoms with E-state index in [0.717, 1.165) is 0 Å². The first-order valence-corrected chi connectivity index (χ1v) is 4.77. The lowest BCUT2D eigenvalue weighted by Gasteiger charge is -2.01. The molecule has 2 aromatic rings. The van der Waals surface area contributed by atoms with Crippen molar-refractivity contribution in [2.45, 2.75) is 20.0 Å². The fourth-order valence-corrected chi connectivity index (χ4v) is 1.54. The van der Waals surface area contributed by atoms with E-state index in [-0.39, 0.29) is 16.9 Å². The molecule has 0 fully saturated rings. The minimum absolute atomic E-state index is 0.110. The summed E-state index contributed by atoms with van der Waals surface area (Å²) in [5, 5.41) is 0.208. The van der Waals surface area contributed by atoms with Crippen LogP contribution in [0.3, 0.4) is 0 Å². The molecule has 0 amide bonds. The van der Waals surface area contributed by atoms with Crippen LogP contribution >= 0.6 is 0 Å². The number of aromatic amines is 1. The van der Waals surface area contributed by atoms with Crippen molar-refractivity contribution in [1.29, 1.82) is 0 Å². The van der Waals surface area contributed by atoms with Gasteiger partial charge in [0.05, 0.1) is 0 Å². The van der Waals surface area contributed by atoms with Gasteiger partial charge in [-0.1, -0.05) is 6.92 Å². The molecule has 1 N–H and O–H groups in total. The van der Waals surface area contributed by atoms with E-state index in [4.69, 9.17) is 4.42 Å². The maximum absolute atomic E-state index is 12.4. The smallest absolute Gasteiger partial charge is 0.337 e. The monoisotopic (exact) mass is 224 g/mol. The van der Waals surface area contributed by atoms with Crippen LogP contribution in [0.2, 0.25) is 0 Å². The van der Waals surface area contributed by atoms with Crippen molar-refractivity contribution in [3.8, 4) is 0 Å². The minimum atomic E-state index is -0.911. The Morgan fingerprint density at radius 2 is 2.25 bits per heavy atom. The van der Waals surface area contributed by atoms with E-state index in [1.807, 2.05) is 0 Å². The summed E-state index contributed by atoms with van der Waals surface area (Å²) in [6.45, 7) is 0.891. The molecule has 2 rings (SSSR count). The molecule has 0 saturated heterocycles. The normalized spacial score (nSPS) is 10.9. The van der Waals surface area contributed by atoms with Gasteiger partial charge in [-0.25, -0.2) is 9.18 Å². The Bertz CT molecular complexity index is 645. The Morgan fingerprint density at radius 3 is 2.88 bits per heavy atom. The van der Waals surface area contributed by atoms with E-state index >= 15 is 0 Å². The standard InChI is InChI=1S/C10H9FN2O3/c1-2-5-3-7(14)16-10-8(5)9(15)12-6(4-11)13-10/h3H,2,4H2,1H3,(H,12,13,15). The first-order valence-electron chi connectivity index (χ1n) is 4.77. The van der Waals surface area contributed by atoms with Gasteiger partial charge in [0, 0.05) is 6.07 Å². The van der Waals surface area contributed by atoms with Gasteiger partial charge < -0.3 is 9.40 Å². The highest BCUT2D eigenvalue weighted by molar-refractivity contribution is 5.75. The van der Waals surface area contributed by atoms with Crippen LogP contribution in [0.4, 0.5) is 4.39 Å². The second-order valence-corrected chi connectivity index (χ2v) is 3.27. The van der Waals surface area contributed by atoms with Gasteiger partial charge >= 0.3 is 5.63 Å². The second kappa shape index (κ2) is 3.88. The lowest BCUT2D eigenvalue weighted by molar-refractivity contribution is 0.460. The molecule has 0 spiro atoms. The molecule has 0 aliphatic heterocycles. The van der Waals surface area contributed by atoms with E-state index in [9.17, 15) is 14.0 Å². The number of hydrogen-bond acceptors (Lipinski definition) is 4. The molecule has 0 aliphatic carbocycles. The highest BCUT2D eigenvalue weighted by Gasteiger charge is 2.11. The first-order chi connectivity index (χ1) is 7.65. The van der Waals surface area contributed by atoms with Crippen molar-refractivity contribution in [2.75, 3.05) is 0 Å². The van der Waals surface area contributed by atoms with Gasteiger partial charge in [-0.05, 0) is 12.0 Å². The number of hydrogen-bond donors (Lipinski definition) is 1. The third-order valence-electron chi connectivity index (χ3n) is 2.25. The summed E-state index contributed by atoms with van der Waals surface area (Å²) in [6.07, 6.45) is 0.502. The zero-order chi connectivity index (χ0) is 11.7. The summed E-state index contributed by atoms with van der Waals surface area (Å²) in [7, 11) is 0. The Morgan fingerprint density at radius 1 is 1.50 bits per heavy atom. The van der Waals surface area contributed by atoms with Crippen LogP contribution in [0.25, 0.3) is 11.1 Å². The zero-order valence-electron chi connectivity index (χ0n) is 8.54. The Labute approximate surface area is 88.9 Å². The molecular formula is C10H9FN2O3. The topological polar surface area (TPSA) is 76.0 Å². The van der Waals surface area contributed by atoms with Gasteiger partial charge in [-0.2, -0.15) is 4.98 Å². The van der Waals surface area contributed by atoms with Crippen molar-refractivity contribution in [3.63, 3.8) is 0 Å². The van der Waals surface area contributed by atoms with E-state index in [1.54, 1.807) is 6.92 Å².